The van der Waals surface area contributed by atoms with Crippen molar-refractivity contribution in [3.05, 3.63) is 20.8 Å². The maximum Gasteiger partial charge on any atom is 0.0285 e. The van der Waals surface area contributed by atoms with Crippen LogP contribution >= 0.6 is 27.3 Å². The van der Waals surface area contributed by atoms with Crippen molar-refractivity contribution in [1.82, 2.24) is 5.32 Å². The van der Waals surface area contributed by atoms with Crippen LogP contribution in [0.1, 0.15) is 51.3 Å². The topological polar surface area (TPSA) is 12.0 Å². The zero-order chi connectivity index (χ0) is 13.9. The molecule has 0 bridgehead atoms. The molecule has 1 aliphatic rings. The van der Waals surface area contributed by atoms with Gasteiger partial charge in [-0.3, -0.25) is 0 Å². The molecule has 1 nitrogen and oxygen atoms in total. The highest BCUT2D eigenvalue weighted by atomic mass is 79.9. The quantitative estimate of drug-likeness (QED) is 0.787. The molecule has 3 heteroatoms. The number of hydrogen-bond acceptors (Lipinski definition) is 2. The smallest absolute Gasteiger partial charge is 0.0285 e. The van der Waals surface area contributed by atoms with Gasteiger partial charge in [-0.25, -0.2) is 0 Å². The van der Waals surface area contributed by atoms with Crippen molar-refractivity contribution in [1.29, 1.82) is 0 Å². The van der Waals surface area contributed by atoms with Gasteiger partial charge in [0.2, 0.25) is 0 Å². The predicted octanol–water partition coefficient (Wildman–Crippen LogP) is 5.25. The minimum Gasteiger partial charge on any atom is -0.312 e. The van der Waals surface area contributed by atoms with Gasteiger partial charge in [0.15, 0.2) is 0 Å². The van der Waals surface area contributed by atoms with E-state index in [4.69, 9.17) is 0 Å². The summed E-state index contributed by atoms with van der Waals surface area (Å²) in [4.78, 5) is 1.54. The summed E-state index contributed by atoms with van der Waals surface area (Å²) >= 11 is 5.47. The third-order valence-corrected chi connectivity index (χ3v) is 5.77. The van der Waals surface area contributed by atoms with E-state index in [2.05, 4.69) is 53.5 Å². The molecule has 1 saturated carbocycles. The van der Waals surface area contributed by atoms with Gasteiger partial charge in [0.1, 0.15) is 0 Å². The van der Waals surface area contributed by atoms with Gasteiger partial charge in [0.25, 0.3) is 0 Å². The summed E-state index contributed by atoms with van der Waals surface area (Å²) < 4.78 is 1.24. The van der Waals surface area contributed by atoms with E-state index in [1.807, 2.05) is 11.3 Å². The van der Waals surface area contributed by atoms with Crippen LogP contribution in [0.5, 0.6) is 0 Å². The van der Waals surface area contributed by atoms with Crippen molar-refractivity contribution in [3.63, 3.8) is 0 Å². The Balaban J connectivity index is 1.92. The molecule has 19 heavy (non-hydrogen) atoms. The molecule has 0 radical (unpaired) electrons. The second-order valence-corrected chi connectivity index (χ2v) is 8.78. The molecule has 0 aromatic carbocycles. The lowest BCUT2D eigenvalue weighted by molar-refractivity contribution is 0.214. The van der Waals surface area contributed by atoms with Crippen LogP contribution in [0.2, 0.25) is 0 Å². The lowest BCUT2D eigenvalue weighted by Crippen LogP contribution is -2.41. The molecule has 2 atom stereocenters. The maximum absolute atomic E-state index is 3.71. The van der Waals surface area contributed by atoms with Crippen molar-refractivity contribution in [2.75, 3.05) is 6.54 Å². The van der Waals surface area contributed by atoms with Crippen LogP contribution in [0.25, 0.3) is 0 Å². The van der Waals surface area contributed by atoms with E-state index in [0.29, 0.717) is 0 Å². The SMILES string of the molecule is CC(C)(C)NCC1CCCCC1Cc1cc(Br)cs1. The van der Waals surface area contributed by atoms with E-state index < -0.39 is 0 Å². The molecule has 0 saturated heterocycles. The molecule has 2 rings (SSSR count). The van der Waals surface area contributed by atoms with Crippen molar-refractivity contribution in [3.8, 4) is 0 Å². The molecule has 108 valence electrons. The number of nitrogens with one attached hydrogen (secondary N) is 1. The van der Waals surface area contributed by atoms with Crippen LogP contribution < -0.4 is 5.32 Å². The van der Waals surface area contributed by atoms with Crippen LogP contribution in [0.15, 0.2) is 15.9 Å². The summed E-state index contributed by atoms with van der Waals surface area (Å²) in [6, 6.07) is 2.30. The van der Waals surface area contributed by atoms with E-state index >= 15 is 0 Å². The van der Waals surface area contributed by atoms with Gasteiger partial charge in [-0.05, 0) is 80.4 Å². The van der Waals surface area contributed by atoms with Crippen molar-refractivity contribution in [2.45, 2.75) is 58.4 Å². The van der Waals surface area contributed by atoms with Crippen LogP contribution in [0.3, 0.4) is 0 Å². The zero-order valence-corrected chi connectivity index (χ0v) is 14.7. The average molecular weight is 344 g/mol. The fraction of sp³-hybridized carbons (Fsp3) is 0.750. The molecule has 1 aromatic heterocycles. The Labute approximate surface area is 130 Å². The molecule has 2 unspecified atom stereocenters. The van der Waals surface area contributed by atoms with Crippen LogP contribution in [0.4, 0.5) is 0 Å². The highest BCUT2D eigenvalue weighted by Crippen LogP contribution is 2.34. The first-order valence-corrected chi connectivity index (χ1v) is 9.09. The van der Waals surface area contributed by atoms with E-state index in [1.165, 1.54) is 43.1 Å². The summed E-state index contributed by atoms with van der Waals surface area (Å²) in [6.45, 7) is 7.98. The third kappa shape index (κ3) is 5.20. The number of hydrogen-bond donors (Lipinski definition) is 1. The Morgan fingerprint density at radius 3 is 2.53 bits per heavy atom. The lowest BCUT2D eigenvalue weighted by Gasteiger charge is -2.34. The fourth-order valence-corrected chi connectivity index (χ4v) is 4.52. The summed E-state index contributed by atoms with van der Waals surface area (Å²) in [5.74, 6) is 1.73. The molecule has 1 aliphatic carbocycles. The predicted molar refractivity (Wildman–Crippen MR) is 88.9 cm³/mol. The van der Waals surface area contributed by atoms with Gasteiger partial charge >= 0.3 is 0 Å². The normalized spacial score (nSPS) is 24.6. The van der Waals surface area contributed by atoms with Crippen molar-refractivity contribution in [2.24, 2.45) is 11.8 Å². The van der Waals surface area contributed by atoms with Gasteiger partial charge in [-0.2, -0.15) is 0 Å². The highest BCUT2D eigenvalue weighted by molar-refractivity contribution is 9.10. The first-order valence-electron chi connectivity index (χ1n) is 7.42. The molecule has 1 N–H and O–H groups in total. The summed E-state index contributed by atoms with van der Waals surface area (Å²) in [5, 5.41) is 5.92. The second kappa shape index (κ2) is 6.73. The summed E-state index contributed by atoms with van der Waals surface area (Å²) in [7, 11) is 0. The molecule has 0 spiro atoms. The molecule has 0 amide bonds. The van der Waals surface area contributed by atoms with Gasteiger partial charge in [0, 0.05) is 20.3 Å². The number of halogens is 1. The monoisotopic (exact) mass is 343 g/mol. The molecule has 1 aromatic rings. The van der Waals surface area contributed by atoms with E-state index in [1.54, 1.807) is 4.88 Å². The minimum absolute atomic E-state index is 0.244. The fourth-order valence-electron chi connectivity index (χ4n) is 2.98. The Bertz CT molecular complexity index is 394. The number of rotatable bonds is 4. The Morgan fingerprint density at radius 1 is 1.26 bits per heavy atom. The maximum atomic E-state index is 3.71. The van der Waals surface area contributed by atoms with Crippen molar-refractivity contribution >= 4 is 27.3 Å². The van der Waals surface area contributed by atoms with Gasteiger partial charge < -0.3 is 5.32 Å². The standard InChI is InChI=1S/C16H26BrNS/c1-16(2,3)18-10-13-7-5-4-6-12(13)8-15-9-14(17)11-19-15/h9,11-13,18H,4-8,10H2,1-3H3. The van der Waals surface area contributed by atoms with Crippen LogP contribution in [-0.2, 0) is 6.42 Å². The minimum atomic E-state index is 0.244. The molecular formula is C16H26BrNS. The largest absolute Gasteiger partial charge is 0.312 e. The Kier molecular flexibility index (Phi) is 5.50. The lowest BCUT2D eigenvalue weighted by atomic mass is 9.77. The van der Waals surface area contributed by atoms with Gasteiger partial charge in [-0.15, -0.1) is 11.3 Å². The van der Waals surface area contributed by atoms with E-state index in [9.17, 15) is 0 Å². The molecule has 1 heterocycles. The van der Waals surface area contributed by atoms with Gasteiger partial charge in [-0.1, -0.05) is 12.8 Å². The van der Waals surface area contributed by atoms with E-state index in [-0.39, 0.29) is 5.54 Å². The second-order valence-electron chi connectivity index (χ2n) is 6.87. The van der Waals surface area contributed by atoms with Crippen LogP contribution in [-0.4, -0.2) is 12.1 Å². The molecule has 0 aliphatic heterocycles. The molecule has 1 fully saturated rings. The Hall–Kier alpha value is 0.140. The van der Waals surface area contributed by atoms with Crippen LogP contribution in [0, 0.1) is 11.8 Å². The average Bonchev–Trinajstić information content (AvgIpc) is 2.73. The van der Waals surface area contributed by atoms with Crippen molar-refractivity contribution < 1.29 is 0 Å². The highest BCUT2D eigenvalue weighted by Gasteiger charge is 2.26. The zero-order valence-electron chi connectivity index (χ0n) is 12.3. The first-order chi connectivity index (χ1) is 8.94. The Morgan fingerprint density at radius 2 is 1.95 bits per heavy atom. The summed E-state index contributed by atoms with van der Waals surface area (Å²) in [5.41, 5.74) is 0.244. The molecular weight excluding hydrogens is 318 g/mol. The van der Waals surface area contributed by atoms with Gasteiger partial charge in [0.05, 0.1) is 0 Å². The summed E-state index contributed by atoms with van der Waals surface area (Å²) in [6.07, 6.45) is 6.92. The third-order valence-electron chi connectivity index (χ3n) is 4.05. The first kappa shape index (κ1) is 15.5. The van der Waals surface area contributed by atoms with E-state index in [0.717, 1.165) is 11.8 Å². The number of thiophene rings is 1.